The van der Waals surface area contributed by atoms with E-state index in [0.717, 1.165) is 25.9 Å². The predicted molar refractivity (Wildman–Crippen MR) is 110 cm³/mol. The molecule has 0 aromatic carbocycles. The molecule has 0 atom stereocenters. The van der Waals surface area contributed by atoms with Gasteiger partial charge in [-0.2, -0.15) is 10.2 Å². The summed E-state index contributed by atoms with van der Waals surface area (Å²) in [4.78, 5) is 27.5. The van der Waals surface area contributed by atoms with Crippen LogP contribution in [0, 0.1) is 18.3 Å². The van der Waals surface area contributed by atoms with Crippen molar-refractivity contribution >= 4 is 28.2 Å². The SMILES string of the molecule is Cc1nc(Nc2ncc(C#N)s2)cc(OC2CCN(CC(=O)NC(C)C)CC2)n1. The summed E-state index contributed by atoms with van der Waals surface area (Å²) in [5, 5.41) is 15.5. The molecule has 1 saturated heterocycles. The summed E-state index contributed by atoms with van der Waals surface area (Å²) in [5.74, 6) is 1.73. The van der Waals surface area contributed by atoms with Crippen molar-refractivity contribution in [2.75, 3.05) is 25.0 Å². The molecule has 0 saturated carbocycles. The van der Waals surface area contributed by atoms with Crippen LogP contribution in [0.5, 0.6) is 5.88 Å². The van der Waals surface area contributed by atoms with Crippen LogP contribution < -0.4 is 15.4 Å². The number of likely N-dealkylation sites (tertiary alicyclic amines) is 1. The minimum atomic E-state index is 0.0478. The summed E-state index contributed by atoms with van der Waals surface area (Å²) >= 11 is 1.26. The zero-order chi connectivity index (χ0) is 20.8. The van der Waals surface area contributed by atoms with Gasteiger partial charge in [-0.25, -0.2) is 9.97 Å². The first-order chi connectivity index (χ1) is 13.9. The minimum absolute atomic E-state index is 0.0478. The quantitative estimate of drug-likeness (QED) is 0.707. The number of nitriles is 1. The molecule has 1 aliphatic heterocycles. The van der Waals surface area contributed by atoms with E-state index in [1.165, 1.54) is 17.5 Å². The number of carbonyl (C=O) groups excluding carboxylic acids is 1. The van der Waals surface area contributed by atoms with Crippen molar-refractivity contribution in [1.29, 1.82) is 5.26 Å². The molecule has 9 nitrogen and oxygen atoms in total. The Morgan fingerprint density at radius 3 is 2.83 bits per heavy atom. The van der Waals surface area contributed by atoms with Crippen LogP contribution in [0.1, 0.15) is 37.4 Å². The topological polar surface area (TPSA) is 116 Å². The van der Waals surface area contributed by atoms with Crippen LogP contribution in [0.3, 0.4) is 0 Å². The van der Waals surface area contributed by atoms with Gasteiger partial charge in [0.2, 0.25) is 11.8 Å². The Kier molecular flexibility index (Phi) is 6.95. The summed E-state index contributed by atoms with van der Waals surface area (Å²) < 4.78 is 6.07. The summed E-state index contributed by atoms with van der Waals surface area (Å²) in [6, 6.07) is 3.96. The Hall–Kier alpha value is -2.77. The number of thiazole rings is 1. The highest BCUT2D eigenvalue weighted by Crippen LogP contribution is 2.24. The van der Waals surface area contributed by atoms with Gasteiger partial charge in [-0.05, 0) is 33.6 Å². The molecule has 0 unspecified atom stereocenters. The number of aromatic nitrogens is 3. The molecule has 0 aliphatic carbocycles. The number of hydrogen-bond donors (Lipinski definition) is 2. The Morgan fingerprint density at radius 1 is 1.41 bits per heavy atom. The molecule has 154 valence electrons. The van der Waals surface area contributed by atoms with E-state index in [9.17, 15) is 4.79 Å². The molecule has 10 heteroatoms. The van der Waals surface area contributed by atoms with Crippen LogP contribution in [0.4, 0.5) is 10.9 Å². The van der Waals surface area contributed by atoms with E-state index >= 15 is 0 Å². The molecule has 1 aliphatic rings. The van der Waals surface area contributed by atoms with Crippen LogP contribution in [-0.4, -0.2) is 57.5 Å². The van der Waals surface area contributed by atoms with Gasteiger partial charge in [0.15, 0.2) is 5.13 Å². The molecule has 1 amide bonds. The third-order valence-electron chi connectivity index (χ3n) is 4.30. The molecular weight excluding hydrogens is 390 g/mol. The van der Waals surface area contributed by atoms with Gasteiger partial charge in [0.05, 0.1) is 12.7 Å². The second-order valence-electron chi connectivity index (χ2n) is 7.22. The minimum Gasteiger partial charge on any atom is -0.474 e. The summed E-state index contributed by atoms with van der Waals surface area (Å²) in [7, 11) is 0. The van der Waals surface area contributed by atoms with Crippen LogP contribution in [0.15, 0.2) is 12.3 Å². The number of ether oxygens (including phenoxy) is 1. The number of amides is 1. The first kappa shape index (κ1) is 21.0. The lowest BCUT2D eigenvalue weighted by Crippen LogP contribution is -2.45. The van der Waals surface area contributed by atoms with E-state index in [-0.39, 0.29) is 18.1 Å². The van der Waals surface area contributed by atoms with E-state index in [1.54, 1.807) is 13.0 Å². The lowest BCUT2D eigenvalue weighted by Gasteiger charge is -2.31. The fourth-order valence-corrected chi connectivity index (χ4v) is 3.70. The van der Waals surface area contributed by atoms with E-state index in [1.807, 2.05) is 13.8 Å². The molecule has 1 fully saturated rings. The molecule has 3 rings (SSSR count). The maximum atomic E-state index is 11.9. The Balaban J connectivity index is 1.54. The van der Waals surface area contributed by atoms with Crippen LogP contribution >= 0.6 is 11.3 Å². The van der Waals surface area contributed by atoms with E-state index < -0.39 is 0 Å². The van der Waals surface area contributed by atoms with E-state index in [2.05, 4.69) is 36.6 Å². The summed E-state index contributed by atoms with van der Waals surface area (Å²) in [6.07, 6.45) is 3.23. The zero-order valence-electron chi connectivity index (χ0n) is 16.8. The lowest BCUT2D eigenvalue weighted by molar-refractivity contribution is -0.123. The smallest absolute Gasteiger partial charge is 0.234 e. The van der Waals surface area contributed by atoms with Gasteiger partial charge >= 0.3 is 0 Å². The summed E-state index contributed by atoms with van der Waals surface area (Å²) in [6.45, 7) is 7.76. The highest BCUT2D eigenvalue weighted by Gasteiger charge is 2.23. The van der Waals surface area contributed by atoms with Gasteiger partial charge in [0.1, 0.15) is 28.7 Å². The summed E-state index contributed by atoms with van der Waals surface area (Å²) in [5.41, 5.74) is 0. The van der Waals surface area contributed by atoms with Gasteiger partial charge in [0, 0.05) is 25.2 Å². The molecule has 2 aromatic heterocycles. The second kappa shape index (κ2) is 9.62. The third kappa shape index (κ3) is 6.37. The Morgan fingerprint density at radius 2 is 2.17 bits per heavy atom. The largest absolute Gasteiger partial charge is 0.474 e. The number of aryl methyl sites for hydroxylation is 1. The molecule has 0 bridgehead atoms. The molecule has 3 heterocycles. The molecule has 2 N–H and O–H groups in total. The van der Waals surface area contributed by atoms with Gasteiger partial charge in [-0.3, -0.25) is 9.69 Å². The van der Waals surface area contributed by atoms with Gasteiger partial charge in [-0.1, -0.05) is 11.3 Å². The predicted octanol–water partition coefficient (Wildman–Crippen LogP) is 2.22. The molecule has 0 spiro atoms. The van der Waals surface area contributed by atoms with Gasteiger partial charge < -0.3 is 15.4 Å². The van der Waals surface area contributed by atoms with Crippen LogP contribution in [-0.2, 0) is 4.79 Å². The fourth-order valence-electron chi connectivity index (χ4n) is 3.08. The van der Waals surface area contributed by atoms with Crippen molar-refractivity contribution in [3.63, 3.8) is 0 Å². The monoisotopic (exact) mass is 415 g/mol. The highest BCUT2D eigenvalue weighted by molar-refractivity contribution is 7.16. The van der Waals surface area contributed by atoms with Crippen molar-refractivity contribution in [2.45, 2.75) is 45.8 Å². The number of rotatable bonds is 7. The normalized spacial score (nSPS) is 15.1. The van der Waals surface area contributed by atoms with Crippen molar-refractivity contribution in [2.24, 2.45) is 0 Å². The maximum absolute atomic E-state index is 11.9. The number of nitrogens with one attached hydrogen (secondary N) is 2. The average molecular weight is 416 g/mol. The first-order valence-electron chi connectivity index (χ1n) is 9.58. The van der Waals surface area contributed by atoms with Crippen molar-refractivity contribution in [1.82, 2.24) is 25.2 Å². The molecule has 2 aromatic rings. The van der Waals surface area contributed by atoms with Gasteiger partial charge in [-0.15, -0.1) is 0 Å². The Labute approximate surface area is 174 Å². The van der Waals surface area contributed by atoms with E-state index in [0.29, 0.717) is 34.1 Å². The van der Waals surface area contributed by atoms with Crippen molar-refractivity contribution in [3.05, 3.63) is 23.0 Å². The molecular formula is C19H25N7O2S. The highest BCUT2D eigenvalue weighted by atomic mass is 32.1. The fraction of sp³-hybridized carbons (Fsp3) is 0.526. The van der Waals surface area contributed by atoms with E-state index in [4.69, 9.17) is 10.00 Å². The Bertz CT molecular complexity index is 885. The van der Waals surface area contributed by atoms with Crippen molar-refractivity contribution in [3.8, 4) is 11.9 Å². The standard InChI is InChI=1S/C19H25N7O2S/c1-12(2)22-17(27)11-26-6-4-14(5-7-26)28-18-8-16(23-13(3)24-18)25-19-21-10-15(9-20)29-19/h8,10,12,14H,4-7,11H2,1-3H3,(H,22,27)(H,21,23,24,25). The van der Waals surface area contributed by atoms with Crippen molar-refractivity contribution < 1.29 is 9.53 Å². The van der Waals surface area contributed by atoms with Crippen LogP contribution in [0.2, 0.25) is 0 Å². The zero-order valence-corrected chi connectivity index (χ0v) is 17.6. The number of hydrogen-bond acceptors (Lipinski definition) is 9. The lowest BCUT2D eigenvalue weighted by atomic mass is 10.1. The first-order valence-corrected chi connectivity index (χ1v) is 10.4. The number of anilines is 2. The second-order valence-corrected chi connectivity index (χ2v) is 8.25. The number of piperidine rings is 1. The maximum Gasteiger partial charge on any atom is 0.234 e. The average Bonchev–Trinajstić information content (AvgIpc) is 3.09. The number of carbonyl (C=O) groups is 1. The van der Waals surface area contributed by atoms with Gasteiger partial charge in [0.25, 0.3) is 0 Å². The van der Waals surface area contributed by atoms with Crippen LogP contribution in [0.25, 0.3) is 0 Å². The third-order valence-corrected chi connectivity index (χ3v) is 5.12. The molecule has 29 heavy (non-hydrogen) atoms. The molecule has 0 radical (unpaired) electrons. The number of nitrogens with zero attached hydrogens (tertiary/aromatic N) is 5.